The zero-order valence-corrected chi connectivity index (χ0v) is 27.1. The normalized spacial score (nSPS) is 12.0. The maximum Gasteiger partial charge on any atom is 0.115 e. The molecule has 0 saturated carbocycles. The summed E-state index contributed by atoms with van der Waals surface area (Å²) < 4.78 is 13.7. The molecule has 0 aromatic heterocycles. The average Bonchev–Trinajstić information content (AvgIpc) is 3.13. The maximum absolute atomic E-state index is 13.7. The van der Waals surface area contributed by atoms with Gasteiger partial charge in [0, 0.05) is 17.6 Å². The molecule has 0 aliphatic heterocycles. The Kier molecular flexibility index (Phi) is 7.08. The molecule has 8 aromatic carbocycles. The highest BCUT2D eigenvalue weighted by Gasteiger charge is 2.21. The van der Waals surface area contributed by atoms with Crippen molar-refractivity contribution < 1.29 is 4.57 Å². The van der Waals surface area contributed by atoms with E-state index in [4.69, 9.17) is 0 Å². The smallest absolute Gasteiger partial charge is 0.115 e. The van der Waals surface area contributed by atoms with Gasteiger partial charge in [-0.05, 0) is 101 Å². The van der Waals surface area contributed by atoms with Crippen LogP contribution in [0.3, 0.4) is 0 Å². The van der Waals surface area contributed by atoms with E-state index in [1.165, 1.54) is 65.3 Å². The molecule has 0 fully saturated rings. The summed E-state index contributed by atoms with van der Waals surface area (Å²) in [6, 6.07) is 55.0. The van der Waals surface area contributed by atoms with Crippen molar-refractivity contribution in [1.29, 1.82) is 0 Å². The van der Waals surface area contributed by atoms with E-state index >= 15 is 0 Å². The highest BCUT2D eigenvalue weighted by atomic mass is 31.2. The summed E-state index contributed by atoms with van der Waals surface area (Å²) in [7, 11) is -2.41. The van der Waals surface area contributed by atoms with Crippen molar-refractivity contribution >= 4 is 55.5 Å². The fraction of sp³-hybridized carbons (Fsp3) is 0.0909. The van der Waals surface area contributed by atoms with Gasteiger partial charge < -0.3 is 4.57 Å². The summed E-state index contributed by atoms with van der Waals surface area (Å²) in [5.74, 6) is 0. The van der Waals surface area contributed by atoms with E-state index in [1.54, 1.807) is 0 Å². The Bertz CT molecular complexity index is 2480. The van der Waals surface area contributed by atoms with E-state index in [1.807, 2.05) is 19.9 Å². The molecule has 0 atom stereocenters. The van der Waals surface area contributed by atoms with Gasteiger partial charge in [0.2, 0.25) is 0 Å². The highest BCUT2D eigenvalue weighted by molar-refractivity contribution is 7.71. The molecule has 0 radical (unpaired) electrons. The van der Waals surface area contributed by atoms with E-state index in [-0.39, 0.29) is 0 Å². The third-order valence-corrected chi connectivity index (χ3v) is 13.0. The molecular weight excluding hydrogens is 575 g/mol. The number of fused-ring (bicyclic) bond motifs is 4. The van der Waals surface area contributed by atoms with Gasteiger partial charge in [-0.3, -0.25) is 0 Å². The molecule has 0 bridgehead atoms. The van der Waals surface area contributed by atoms with Crippen molar-refractivity contribution in [3.8, 4) is 33.4 Å². The van der Waals surface area contributed by atoms with E-state index in [0.717, 1.165) is 16.4 Å². The van der Waals surface area contributed by atoms with Crippen molar-refractivity contribution in [2.24, 2.45) is 0 Å². The molecule has 2 heteroatoms. The number of benzene rings is 8. The number of hydrogen-bond donors (Lipinski definition) is 0. The zero-order chi connectivity index (χ0) is 31.3. The van der Waals surface area contributed by atoms with Crippen molar-refractivity contribution in [2.45, 2.75) is 13.8 Å². The lowest BCUT2D eigenvalue weighted by Crippen LogP contribution is -2.08. The van der Waals surface area contributed by atoms with Gasteiger partial charge in [-0.1, -0.05) is 141 Å². The van der Waals surface area contributed by atoms with Crippen molar-refractivity contribution in [2.75, 3.05) is 12.3 Å². The fourth-order valence-corrected chi connectivity index (χ4v) is 9.11. The van der Waals surface area contributed by atoms with Gasteiger partial charge in [0.1, 0.15) is 7.14 Å². The van der Waals surface area contributed by atoms with Gasteiger partial charge >= 0.3 is 0 Å². The van der Waals surface area contributed by atoms with Crippen LogP contribution in [0.15, 0.2) is 152 Å². The Balaban J connectivity index is 1.46. The minimum Gasteiger partial charge on any atom is -0.319 e. The zero-order valence-electron chi connectivity index (χ0n) is 26.2. The van der Waals surface area contributed by atoms with Crippen LogP contribution in [-0.2, 0) is 4.57 Å². The SMILES string of the molecule is CCP(=O)(CC)c1cccc(-c2ccc3c(-c4ccc5ccccc5c4)c4ccccc4c(-c4ccc5ccccc5c4)c3c2)c1. The Morgan fingerprint density at radius 2 is 0.870 bits per heavy atom. The topological polar surface area (TPSA) is 17.1 Å². The number of hydrogen-bond acceptors (Lipinski definition) is 1. The maximum atomic E-state index is 13.7. The van der Waals surface area contributed by atoms with E-state index in [9.17, 15) is 4.57 Å². The third kappa shape index (κ3) is 4.75. The van der Waals surface area contributed by atoms with E-state index in [2.05, 4.69) is 146 Å². The Labute approximate surface area is 270 Å². The summed E-state index contributed by atoms with van der Waals surface area (Å²) in [5, 5.41) is 10.8. The second kappa shape index (κ2) is 11.4. The molecule has 8 rings (SSSR count). The minimum absolute atomic E-state index is 0.678. The minimum atomic E-state index is -2.41. The van der Waals surface area contributed by atoms with Crippen LogP contribution < -0.4 is 5.30 Å². The van der Waals surface area contributed by atoms with E-state index < -0.39 is 7.14 Å². The summed E-state index contributed by atoms with van der Waals surface area (Å²) >= 11 is 0. The van der Waals surface area contributed by atoms with Crippen LogP contribution in [0.5, 0.6) is 0 Å². The van der Waals surface area contributed by atoms with Crippen LogP contribution in [0, 0.1) is 0 Å². The summed E-state index contributed by atoms with van der Waals surface area (Å²) in [4.78, 5) is 0. The van der Waals surface area contributed by atoms with Crippen molar-refractivity contribution in [3.63, 3.8) is 0 Å². The van der Waals surface area contributed by atoms with Crippen LogP contribution in [0.1, 0.15) is 13.8 Å². The molecule has 8 aromatic rings. The summed E-state index contributed by atoms with van der Waals surface area (Å²) in [5.41, 5.74) is 7.15. The average molecular weight is 611 g/mol. The first kappa shape index (κ1) is 28.5. The molecule has 0 aliphatic carbocycles. The molecule has 0 spiro atoms. The number of rotatable bonds is 6. The predicted octanol–water partition coefficient (Wildman–Crippen LogP) is 12.3. The highest BCUT2D eigenvalue weighted by Crippen LogP contribution is 2.47. The lowest BCUT2D eigenvalue weighted by molar-refractivity contribution is 0.582. The molecule has 1 nitrogen and oxygen atoms in total. The second-order valence-corrected chi connectivity index (χ2v) is 15.8. The second-order valence-electron chi connectivity index (χ2n) is 12.3. The predicted molar refractivity (Wildman–Crippen MR) is 201 cm³/mol. The third-order valence-electron chi connectivity index (χ3n) is 9.77. The molecule has 46 heavy (non-hydrogen) atoms. The van der Waals surface area contributed by atoms with Crippen LogP contribution in [0.25, 0.3) is 76.5 Å². The van der Waals surface area contributed by atoms with E-state index in [0.29, 0.717) is 12.3 Å². The first-order valence-electron chi connectivity index (χ1n) is 16.2. The molecular formula is C44H35OP. The molecule has 0 unspecified atom stereocenters. The summed E-state index contributed by atoms with van der Waals surface area (Å²) in [6.07, 6.45) is 1.36. The molecule has 222 valence electrons. The fourth-order valence-electron chi connectivity index (χ4n) is 7.20. The molecule has 0 saturated heterocycles. The standard InChI is InChI=1S/C44H35OP/c1-3-46(45,4-2)38-17-11-16-34(28-38)35-24-25-41-42(29-35)44(37-23-21-31-13-6-8-15-33(31)27-37)40-19-10-9-18-39(40)43(41)36-22-20-30-12-5-7-14-32(30)26-36/h5-29H,3-4H2,1-2H3. The molecule has 0 aliphatic rings. The van der Waals surface area contributed by atoms with Gasteiger partial charge in [0.15, 0.2) is 0 Å². The van der Waals surface area contributed by atoms with Crippen molar-refractivity contribution in [3.05, 3.63) is 152 Å². The lowest BCUT2D eigenvalue weighted by atomic mass is 9.84. The Morgan fingerprint density at radius 1 is 0.391 bits per heavy atom. The first-order valence-corrected chi connectivity index (χ1v) is 18.3. The molecule has 0 amide bonds. The van der Waals surface area contributed by atoms with Gasteiger partial charge in [-0.15, -0.1) is 0 Å². The van der Waals surface area contributed by atoms with Crippen LogP contribution in [0.2, 0.25) is 0 Å². The lowest BCUT2D eigenvalue weighted by Gasteiger charge is -2.20. The first-order chi connectivity index (χ1) is 22.6. The quantitative estimate of drug-likeness (QED) is 0.135. The largest absolute Gasteiger partial charge is 0.319 e. The Hall–Kier alpha value is -4.97. The molecule has 0 N–H and O–H groups in total. The van der Waals surface area contributed by atoms with Crippen LogP contribution in [0.4, 0.5) is 0 Å². The van der Waals surface area contributed by atoms with Gasteiger partial charge in [0.05, 0.1) is 0 Å². The Morgan fingerprint density at radius 3 is 1.46 bits per heavy atom. The van der Waals surface area contributed by atoms with Gasteiger partial charge in [-0.2, -0.15) is 0 Å². The summed E-state index contributed by atoms with van der Waals surface area (Å²) in [6.45, 7) is 4.09. The van der Waals surface area contributed by atoms with Crippen LogP contribution in [-0.4, -0.2) is 12.3 Å². The van der Waals surface area contributed by atoms with Gasteiger partial charge in [0.25, 0.3) is 0 Å². The molecule has 0 heterocycles. The van der Waals surface area contributed by atoms with Crippen molar-refractivity contribution in [1.82, 2.24) is 0 Å². The van der Waals surface area contributed by atoms with Gasteiger partial charge in [-0.25, -0.2) is 0 Å². The monoisotopic (exact) mass is 610 g/mol. The van der Waals surface area contributed by atoms with Crippen LogP contribution >= 0.6 is 7.14 Å².